The van der Waals surface area contributed by atoms with Crippen molar-refractivity contribution >= 4 is 0 Å². The SMILES string of the molecule is CC.CCCCCCNCCOCCCCCC. The second-order valence-corrected chi connectivity index (χ2v) is 4.48. The zero-order valence-corrected chi connectivity index (χ0v) is 13.4. The molecule has 0 bridgehead atoms. The number of nitrogens with one attached hydrogen (secondary N) is 1. The first-order chi connectivity index (χ1) is 8.91. The van der Waals surface area contributed by atoms with Crippen molar-refractivity contribution in [3.8, 4) is 0 Å². The summed E-state index contributed by atoms with van der Waals surface area (Å²) in [6.07, 6.45) is 10.6. The number of rotatable bonds is 13. The molecule has 0 rings (SSSR count). The molecule has 0 aliphatic rings. The highest BCUT2D eigenvalue weighted by Gasteiger charge is 1.91. The fourth-order valence-corrected chi connectivity index (χ4v) is 1.68. The molecule has 0 heterocycles. The van der Waals surface area contributed by atoms with Gasteiger partial charge in [0.05, 0.1) is 6.61 Å². The van der Waals surface area contributed by atoms with Gasteiger partial charge >= 0.3 is 0 Å². The van der Waals surface area contributed by atoms with Crippen LogP contribution in [0.1, 0.15) is 79.1 Å². The van der Waals surface area contributed by atoms with E-state index >= 15 is 0 Å². The molecule has 0 aromatic rings. The normalized spacial score (nSPS) is 10.0. The molecule has 0 radical (unpaired) electrons. The molecular weight excluding hydrogens is 222 g/mol. The molecule has 1 N–H and O–H groups in total. The van der Waals surface area contributed by atoms with E-state index < -0.39 is 0 Å². The third-order valence-corrected chi connectivity index (χ3v) is 2.77. The molecule has 0 unspecified atom stereocenters. The lowest BCUT2D eigenvalue weighted by Gasteiger charge is -2.05. The van der Waals surface area contributed by atoms with Crippen LogP contribution in [0.5, 0.6) is 0 Å². The smallest absolute Gasteiger partial charge is 0.0590 e. The van der Waals surface area contributed by atoms with Gasteiger partial charge in [0.1, 0.15) is 0 Å². The van der Waals surface area contributed by atoms with E-state index in [-0.39, 0.29) is 0 Å². The molecule has 0 fully saturated rings. The Balaban J connectivity index is 0. The molecule has 0 aliphatic carbocycles. The van der Waals surface area contributed by atoms with E-state index in [1.807, 2.05) is 13.8 Å². The Hall–Kier alpha value is -0.0800. The lowest BCUT2D eigenvalue weighted by molar-refractivity contribution is 0.131. The summed E-state index contributed by atoms with van der Waals surface area (Å²) in [5, 5.41) is 3.42. The first-order valence-corrected chi connectivity index (χ1v) is 8.20. The zero-order valence-electron chi connectivity index (χ0n) is 13.4. The first kappa shape index (κ1) is 20.2. The quantitative estimate of drug-likeness (QED) is 0.481. The average molecular weight is 259 g/mol. The van der Waals surface area contributed by atoms with Crippen molar-refractivity contribution < 1.29 is 4.74 Å². The lowest BCUT2D eigenvalue weighted by atomic mass is 10.2. The molecular formula is C16H37NO. The standard InChI is InChI=1S/C14H31NO.C2H6/c1-3-5-7-9-11-15-12-14-16-13-10-8-6-4-2;1-2/h15H,3-14H2,1-2H3;1-2H3. The summed E-state index contributed by atoms with van der Waals surface area (Å²) in [6.45, 7) is 12.5. The van der Waals surface area contributed by atoms with Crippen LogP contribution in [0, 0.1) is 0 Å². The lowest BCUT2D eigenvalue weighted by Crippen LogP contribution is -2.21. The minimum absolute atomic E-state index is 0.875. The maximum atomic E-state index is 5.55. The van der Waals surface area contributed by atoms with Crippen LogP contribution in [0.4, 0.5) is 0 Å². The Labute approximate surface area is 116 Å². The van der Waals surface area contributed by atoms with Gasteiger partial charge in [0, 0.05) is 13.2 Å². The molecule has 0 aliphatic heterocycles. The van der Waals surface area contributed by atoms with Crippen molar-refractivity contribution in [2.45, 2.75) is 79.1 Å². The minimum atomic E-state index is 0.875. The largest absolute Gasteiger partial charge is 0.380 e. The molecule has 0 saturated carbocycles. The first-order valence-electron chi connectivity index (χ1n) is 8.20. The van der Waals surface area contributed by atoms with E-state index in [0.717, 1.165) is 26.3 Å². The summed E-state index contributed by atoms with van der Waals surface area (Å²) < 4.78 is 5.55. The van der Waals surface area contributed by atoms with Crippen LogP contribution in [0.3, 0.4) is 0 Å². The van der Waals surface area contributed by atoms with Gasteiger partial charge in [-0.15, -0.1) is 0 Å². The summed E-state index contributed by atoms with van der Waals surface area (Å²) in [6, 6.07) is 0. The minimum Gasteiger partial charge on any atom is -0.380 e. The molecule has 0 saturated heterocycles. The van der Waals surface area contributed by atoms with Gasteiger partial charge < -0.3 is 10.1 Å². The maximum absolute atomic E-state index is 5.55. The third kappa shape index (κ3) is 21.2. The summed E-state index contributed by atoms with van der Waals surface area (Å²) in [5.74, 6) is 0. The summed E-state index contributed by atoms with van der Waals surface area (Å²) in [7, 11) is 0. The predicted molar refractivity (Wildman–Crippen MR) is 83.3 cm³/mol. The van der Waals surface area contributed by atoms with Crippen LogP contribution < -0.4 is 5.32 Å². The van der Waals surface area contributed by atoms with Gasteiger partial charge in [-0.2, -0.15) is 0 Å². The summed E-state index contributed by atoms with van der Waals surface area (Å²) in [5.41, 5.74) is 0. The molecule has 2 nitrogen and oxygen atoms in total. The second kappa shape index (κ2) is 22.1. The van der Waals surface area contributed by atoms with E-state index in [2.05, 4.69) is 19.2 Å². The van der Waals surface area contributed by atoms with Gasteiger partial charge in [0.25, 0.3) is 0 Å². The number of hydrogen-bond acceptors (Lipinski definition) is 2. The van der Waals surface area contributed by atoms with Gasteiger partial charge in [0.15, 0.2) is 0 Å². The van der Waals surface area contributed by atoms with Gasteiger partial charge in [0.2, 0.25) is 0 Å². The number of ether oxygens (including phenoxy) is 1. The van der Waals surface area contributed by atoms with Crippen LogP contribution in [0.2, 0.25) is 0 Å². The van der Waals surface area contributed by atoms with Crippen molar-refractivity contribution in [2.75, 3.05) is 26.3 Å². The molecule has 0 atom stereocenters. The Bertz CT molecular complexity index is 104. The fraction of sp³-hybridized carbons (Fsp3) is 1.00. The van der Waals surface area contributed by atoms with Crippen molar-refractivity contribution in [1.82, 2.24) is 5.32 Å². The monoisotopic (exact) mass is 259 g/mol. The van der Waals surface area contributed by atoms with Crippen LogP contribution in [-0.4, -0.2) is 26.3 Å². The van der Waals surface area contributed by atoms with Gasteiger partial charge in [-0.1, -0.05) is 66.2 Å². The summed E-state index contributed by atoms with van der Waals surface area (Å²) >= 11 is 0. The van der Waals surface area contributed by atoms with Gasteiger partial charge in [-0.05, 0) is 19.4 Å². The van der Waals surface area contributed by atoms with Crippen molar-refractivity contribution in [3.63, 3.8) is 0 Å². The van der Waals surface area contributed by atoms with Crippen LogP contribution in [-0.2, 0) is 4.74 Å². The average Bonchev–Trinajstić information content (AvgIpc) is 2.42. The van der Waals surface area contributed by atoms with Crippen LogP contribution in [0.25, 0.3) is 0 Å². The van der Waals surface area contributed by atoms with Crippen molar-refractivity contribution in [1.29, 1.82) is 0 Å². The van der Waals surface area contributed by atoms with Crippen LogP contribution in [0.15, 0.2) is 0 Å². The van der Waals surface area contributed by atoms with E-state index in [0.29, 0.717) is 0 Å². The molecule has 18 heavy (non-hydrogen) atoms. The van der Waals surface area contributed by atoms with Gasteiger partial charge in [-0.3, -0.25) is 0 Å². The van der Waals surface area contributed by atoms with E-state index in [1.165, 1.54) is 51.4 Å². The molecule has 0 aromatic heterocycles. The number of unbranched alkanes of at least 4 members (excludes halogenated alkanes) is 6. The predicted octanol–water partition coefficient (Wildman–Crippen LogP) is 4.78. The van der Waals surface area contributed by atoms with Crippen LogP contribution >= 0.6 is 0 Å². The Morgan fingerprint density at radius 1 is 0.667 bits per heavy atom. The van der Waals surface area contributed by atoms with E-state index in [4.69, 9.17) is 4.74 Å². The van der Waals surface area contributed by atoms with Crippen molar-refractivity contribution in [3.05, 3.63) is 0 Å². The highest BCUT2D eigenvalue weighted by Crippen LogP contribution is 1.98. The molecule has 112 valence electrons. The number of hydrogen-bond donors (Lipinski definition) is 1. The molecule has 0 spiro atoms. The molecule has 0 amide bonds. The van der Waals surface area contributed by atoms with Gasteiger partial charge in [-0.25, -0.2) is 0 Å². The zero-order chi connectivity index (χ0) is 13.9. The Morgan fingerprint density at radius 3 is 1.89 bits per heavy atom. The molecule has 0 aromatic carbocycles. The molecule has 2 heteroatoms. The second-order valence-electron chi connectivity index (χ2n) is 4.48. The Morgan fingerprint density at radius 2 is 1.28 bits per heavy atom. The van der Waals surface area contributed by atoms with E-state index in [1.54, 1.807) is 0 Å². The summed E-state index contributed by atoms with van der Waals surface area (Å²) in [4.78, 5) is 0. The maximum Gasteiger partial charge on any atom is 0.0590 e. The highest BCUT2D eigenvalue weighted by molar-refractivity contribution is 4.48. The fourth-order valence-electron chi connectivity index (χ4n) is 1.68. The Kier molecular flexibility index (Phi) is 24.9. The third-order valence-electron chi connectivity index (χ3n) is 2.77. The van der Waals surface area contributed by atoms with E-state index in [9.17, 15) is 0 Å². The van der Waals surface area contributed by atoms with Crippen molar-refractivity contribution in [2.24, 2.45) is 0 Å². The topological polar surface area (TPSA) is 21.3 Å². The highest BCUT2D eigenvalue weighted by atomic mass is 16.5.